The van der Waals surface area contributed by atoms with E-state index in [1.165, 1.54) is 5.52 Å². The molecule has 24 heavy (non-hydrogen) atoms. The fourth-order valence-electron chi connectivity index (χ4n) is 3.07. The SMILES string of the molecule is CCCCn1c(C)[n+](CC(=O)c2ccccc2)c2ccccc21.[Br-]. The quantitative estimate of drug-likeness (QED) is 0.457. The summed E-state index contributed by atoms with van der Waals surface area (Å²) in [5.41, 5.74) is 3.11. The van der Waals surface area contributed by atoms with Gasteiger partial charge in [-0.15, -0.1) is 0 Å². The standard InChI is InChI=1S/C20H23N2O.BrH/c1-3-4-14-21-16(2)22(19-13-9-8-12-18(19)21)15-20(23)17-10-6-5-7-11-17;/h5-13H,3-4,14-15H2,1-2H3;1H/q+1;/p-1. The Morgan fingerprint density at radius 1 is 1.04 bits per heavy atom. The van der Waals surface area contributed by atoms with Crippen LogP contribution < -0.4 is 21.5 Å². The number of unbranched alkanes of at least 4 members (excludes halogenated alkanes) is 1. The summed E-state index contributed by atoms with van der Waals surface area (Å²) >= 11 is 0. The van der Waals surface area contributed by atoms with Crippen molar-refractivity contribution in [1.82, 2.24) is 4.57 Å². The van der Waals surface area contributed by atoms with Crippen molar-refractivity contribution < 1.29 is 26.3 Å². The van der Waals surface area contributed by atoms with E-state index in [-0.39, 0.29) is 22.8 Å². The Morgan fingerprint density at radius 3 is 2.42 bits per heavy atom. The Bertz CT molecular complexity index is 824. The van der Waals surface area contributed by atoms with E-state index < -0.39 is 0 Å². The Hall–Kier alpha value is -1.94. The van der Waals surface area contributed by atoms with Crippen LogP contribution in [0.15, 0.2) is 54.6 Å². The number of carbonyl (C=O) groups is 1. The molecule has 0 saturated carbocycles. The van der Waals surface area contributed by atoms with E-state index in [4.69, 9.17) is 0 Å². The van der Waals surface area contributed by atoms with Crippen molar-refractivity contribution in [3.8, 4) is 0 Å². The summed E-state index contributed by atoms with van der Waals surface area (Å²) in [7, 11) is 0. The number of para-hydroxylation sites is 2. The maximum Gasteiger partial charge on any atom is 0.254 e. The molecule has 0 amide bonds. The third kappa shape index (κ3) is 3.59. The molecule has 1 heterocycles. The first-order valence-corrected chi connectivity index (χ1v) is 8.28. The number of fused-ring (bicyclic) bond motifs is 1. The molecule has 0 N–H and O–H groups in total. The Labute approximate surface area is 153 Å². The lowest BCUT2D eigenvalue weighted by atomic mass is 10.1. The first-order chi connectivity index (χ1) is 11.2. The molecule has 0 fully saturated rings. The highest BCUT2D eigenvalue weighted by Gasteiger charge is 2.23. The number of halogens is 1. The van der Waals surface area contributed by atoms with Gasteiger partial charge in [-0.25, -0.2) is 9.13 Å². The summed E-state index contributed by atoms with van der Waals surface area (Å²) in [6, 6.07) is 17.9. The molecule has 0 aliphatic heterocycles. The molecule has 1 aromatic heterocycles. The van der Waals surface area contributed by atoms with Gasteiger partial charge in [0, 0.05) is 12.5 Å². The van der Waals surface area contributed by atoms with E-state index in [1.807, 2.05) is 36.4 Å². The smallest absolute Gasteiger partial charge is 0.254 e. The summed E-state index contributed by atoms with van der Waals surface area (Å²) in [5, 5.41) is 0. The zero-order valence-electron chi connectivity index (χ0n) is 14.2. The molecule has 126 valence electrons. The van der Waals surface area contributed by atoms with Gasteiger partial charge in [-0.3, -0.25) is 4.79 Å². The minimum Gasteiger partial charge on any atom is -1.00 e. The summed E-state index contributed by atoms with van der Waals surface area (Å²) in [5.74, 6) is 1.29. The van der Waals surface area contributed by atoms with Gasteiger partial charge >= 0.3 is 0 Å². The predicted octanol–water partition coefficient (Wildman–Crippen LogP) is 0.924. The van der Waals surface area contributed by atoms with Crippen LogP contribution in [-0.2, 0) is 13.1 Å². The van der Waals surface area contributed by atoms with Crippen LogP contribution in [0, 0.1) is 6.92 Å². The summed E-state index contributed by atoms with van der Waals surface area (Å²) < 4.78 is 4.47. The van der Waals surface area contributed by atoms with Crippen molar-refractivity contribution in [1.29, 1.82) is 0 Å². The number of imidazole rings is 1. The van der Waals surface area contributed by atoms with Gasteiger partial charge in [-0.1, -0.05) is 55.8 Å². The lowest BCUT2D eigenvalue weighted by Gasteiger charge is -2.02. The normalized spacial score (nSPS) is 10.6. The molecule has 3 rings (SSSR count). The zero-order valence-corrected chi connectivity index (χ0v) is 15.8. The number of hydrogen-bond donors (Lipinski definition) is 0. The first kappa shape index (κ1) is 18.4. The fourth-order valence-corrected chi connectivity index (χ4v) is 3.07. The fraction of sp³-hybridized carbons (Fsp3) is 0.300. The molecule has 3 nitrogen and oxygen atoms in total. The third-order valence-corrected chi connectivity index (χ3v) is 4.38. The molecule has 4 heteroatoms. The Morgan fingerprint density at radius 2 is 1.71 bits per heavy atom. The molecule has 0 spiro atoms. The van der Waals surface area contributed by atoms with E-state index in [9.17, 15) is 4.79 Å². The monoisotopic (exact) mass is 386 g/mol. The number of hydrogen-bond acceptors (Lipinski definition) is 1. The number of carbonyl (C=O) groups excluding carboxylic acids is 1. The molecule has 0 bridgehead atoms. The minimum absolute atomic E-state index is 0. The molecule has 0 unspecified atom stereocenters. The highest BCUT2D eigenvalue weighted by molar-refractivity contribution is 5.95. The van der Waals surface area contributed by atoms with Crippen LogP contribution in [0.1, 0.15) is 35.9 Å². The van der Waals surface area contributed by atoms with Crippen molar-refractivity contribution in [2.75, 3.05) is 0 Å². The van der Waals surface area contributed by atoms with Gasteiger partial charge in [0.15, 0.2) is 17.6 Å². The molecule has 0 aliphatic carbocycles. The second-order valence-electron chi connectivity index (χ2n) is 5.92. The van der Waals surface area contributed by atoms with Crippen LogP contribution >= 0.6 is 0 Å². The van der Waals surface area contributed by atoms with Gasteiger partial charge in [0.1, 0.15) is 0 Å². The van der Waals surface area contributed by atoms with Crippen molar-refractivity contribution in [3.63, 3.8) is 0 Å². The van der Waals surface area contributed by atoms with E-state index in [2.05, 4.69) is 41.2 Å². The third-order valence-electron chi connectivity index (χ3n) is 4.38. The van der Waals surface area contributed by atoms with E-state index in [1.54, 1.807) is 0 Å². The van der Waals surface area contributed by atoms with E-state index >= 15 is 0 Å². The van der Waals surface area contributed by atoms with Gasteiger partial charge < -0.3 is 17.0 Å². The topological polar surface area (TPSA) is 25.9 Å². The molecule has 0 aliphatic rings. The second-order valence-corrected chi connectivity index (χ2v) is 5.92. The van der Waals surface area contributed by atoms with Crippen LogP contribution in [0.2, 0.25) is 0 Å². The van der Waals surface area contributed by atoms with Crippen LogP contribution in [0.4, 0.5) is 0 Å². The highest BCUT2D eigenvalue weighted by atomic mass is 79.9. The molecular weight excluding hydrogens is 364 g/mol. The van der Waals surface area contributed by atoms with Gasteiger partial charge in [-0.05, 0) is 18.6 Å². The predicted molar refractivity (Wildman–Crippen MR) is 92.6 cm³/mol. The number of aryl methyl sites for hydroxylation is 1. The van der Waals surface area contributed by atoms with Crippen molar-refractivity contribution in [2.45, 2.75) is 39.8 Å². The number of aromatic nitrogens is 2. The molecule has 2 aromatic carbocycles. The first-order valence-electron chi connectivity index (χ1n) is 8.28. The maximum atomic E-state index is 12.6. The lowest BCUT2D eigenvalue weighted by Crippen LogP contribution is -3.00. The van der Waals surface area contributed by atoms with Crippen LogP contribution in [0.25, 0.3) is 11.0 Å². The molecule has 3 aromatic rings. The molecule has 0 saturated heterocycles. The average molecular weight is 387 g/mol. The van der Waals surface area contributed by atoms with Gasteiger partial charge in [0.05, 0.1) is 6.54 Å². The van der Waals surface area contributed by atoms with Gasteiger partial charge in [0.25, 0.3) is 5.82 Å². The zero-order chi connectivity index (χ0) is 16.2. The number of nitrogens with zero attached hydrogens (tertiary/aromatic N) is 2. The average Bonchev–Trinajstić information content (AvgIpc) is 2.86. The largest absolute Gasteiger partial charge is 1.00 e. The maximum absolute atomic E-state index is 12.6. The van der Waals surface area contributed by atoms with E-state index in [0.717, 1.165) is 36.3 Å². The number of rotatable bonds is 6. The number of benzene rings is 2. The molecule has 0 atom stereocenters. The number of ketones is 1. The summed E-state index contributed by atoms with van der Waals surface area (Å²) in [4.78, 5) is 12.6. The number of Topliss-reactive ketones (excluding diaryl/α,β-unsaturated/α-hetero) is 1. The van der Waals surface area contributed by atoms with Crippen molar-refractivity contribution in [2.24, 2.45) is 0 Å². The molecular formula is C20H23BrN2O. The second kappa shape index (κ2) is 8.25. The lowest BCUT2D eigenvalue weighted by molar-refractivity contribution is -0.664. The Balaban J connectivity index is 0.00000208. The van der Waals surface area contributed by atoms with Gasteiger partial charge in [0.2, 0.25) is 5.78 Å². The van der Waals surface area contributed by atoms with Crippen molar-refractivity contribution >= 4 is 16.8 Å². The molecule has 0 radical (unpaired) electrons. The van der Waals surface area contributed by atoms with Crippen LogP contribution in [0.5, 0.6) is 0 Å². The summed E-state index contributed by atoms with van der Waals surface area (Å²) in [6.45, 7) is 5.69. The summed E-state index contributed by atoms with van der Waals surface area (Å²) in [6.07, 6.45) is 2.31. The minimum atomic E-state index is 0. The highest BCUT2D eigenvalue weighted by Crippen LogP contribution is 2.15. The van der Waals surface area contributed by atoms with E-state index in [0.29, 0.717) is 6.54 Å². The Kier molecular flexibility index (Phi) is 6.32. The van der Waals surface area contributed by atoms with Crippen LogP contribution in [0.3, 0.4) is 0 Å². The van der Waals surface area contributed by atoms with Crippen molar-refractivity contribution in [3.05, 3.63) is 66.0 Å². The van der Waals surface area contributed by atoms with Gasteiger partial charge in [-0.2, -0.15) is 0 Å². The van der Waals surface area contributed by atoms with Crippen LogP contribution in [-0.4, -0.2) is 10.4 Å².